The van der Waals surface area contributed by atoms with Crippen LogP contribution in [0.15, 0.2) is 58.7 Å². The van der Waals surface area contributed by atoms with Gasteiger partial charge in [0.2, 0.25) is 0 Å². The molecular formula is C25H28BrN4O4+. The van der Waals surface area contributed by atoms with Crippen LogP contribution < -0.4 is 15.0 Å². The molecule has 0 aliphatic heterocycles. The van der Waals surface area contributed by atoms with Crippen LogP contribution in [0, 0.1) is 22.2 Å². The van der Waals surface area contributed by atoms with Gasteiger partial charge >= 0.3 is 5.97 Å². The van der Waals surface area contributed by atoms with E-state index in [4.69, 9.17) is 10.1 Å². The second kappa shape index (κ2) is 11.6. The van der Waals surface area contributed by atoms with Crippen molar-refractivity contribution in [3.05, 3.63) is 64.3 Å². The average molecular weight is 528 g/mol. The molecule has 0 aliphatic carbocycles. The molecule has 178 valence electrons. The van der Waals surface area contributed by atoms with Crippen LogP contribution in [-0.4, -0.2) is 35.8 Å². The number of nitrogens with two attached hydrogens (primary N) is 1. The van der Waals surface area contributed by atoms with E-state index in [1.807, 2.05) is 51.1 Å². The molecule has 0 saturated heterocycles. The predicted molar refractivity (Wildman–Crippen MR) is 133 cm³/mol. The van der Waals surface area contributed by atoms with Gasteiger partial charge in [0, 0.05) is 28.0 Å². The van der Waals surface area contributed by atoms with Crippen LogP contribution in [-0.2, 0) is 9.59 Å². The maximum Gasteiger partial charge on any atom is 0.323 e. The van der Waals surface area contributed by atoms with Gasteiger partial charge in [0.25, 0.3) is 5.91 Å². The number of nitrogens with one attached hydrogen (secondary N) is 1. The molecule has 0 aliphatic rings. The van der Waals surface area contributed by atoms with E-state index in [0.717, 1.165) is 15.1 Å². The number of carboxylic acids is 1. The summed E-state index contributed by atoms with van der Waals surface area (Å²) >= 11 is 3.36. The first-order valence-electron chi connectivity index (χ1n) is 10.5. The summed E-state index contributed by atoms with van der Waals surface area (Å²) in [5, 5.41) is 28.8. The summed E-state index contributed by atoms with van der Waals surface area (Å²) in [6.45, 7) is 7.21. The quantitative estimate of drug-likeness (QED) is 0.258. The van der Waals surface area contributed by atoms with Gasteiger partial charge in [-0.15, -0.1) is 0 Å². The number of ether oxygens (including phenoxy) is 1. The topological polar surface area (TPSA) is 131 Å². The molecule has 0 atom stereocenters. The summed E-state index contributed by atoms with van der Waals surface area (Å²) in [5.74, 6) is -1.53. The molecule has 0 heterocycles. The third-order valence-electron chi connectivity index (χ3n) is 4.54. The Morgan fingerprint density at radius 2 is 1.88 bits per heavy atom. The number of halogens is 1. The monoisotopic (exact) mass is 527 g/mol. The van der Waals surface area contributed by atoms with Crippen LogP contribution in [0.4, 0.5) is 11.4 Å². The number of aliphatic carboxylic acids is 1. The SMILES string of the molecule is CC(=N)/C(=C\[NH2+]c1ccc(Br)cc1)C(=O)N(CC(=O)O)c1ccc(OCC(C)(C)C)c(C#N)c1. The standard InChI is InChI=1S/C25H27BrN4O4/c1-16(28)21(13-29-19-7-5-18(26)6-8-19)24(33)30(14-23(31)32)20-9-10-22(17(11-20)12-27)34-15-25(2,3)4/h5-11,13,28-29H,14-15H2,1-4H3,(H,31,32)/p+1/b21-13+,28-16?. The van der Waals surface area contributed by atoms with E-state index in [1.165, 1.54) is 25.3 Å². The molecule has 0 radical (unpaired) electrons. The molecule has 0 bridgehead atoms. The molecular weight excluding hydrogens is 500 g/mol. The highest BCUT2D eigenvalue weighted by atomic mass is 79.9. The Bertz CT molecular complexity index is 1140. The van der Waals surface area contributed by atoms with Crippen molar-refractivity contribution >= 4 is 44.9 Å². The van der Waals surface area contributed by atoms with Crippen molar-refractivity contribution in [3.63, 3.8) is 0 Å². The normalized spacial score (nSPS) is 11.5. The van der Waals surface area contributed by atoms with E-state index < -0.39 is 18.4 Å². The Hall–Kier alpha value is -3.48. The highest BCUT2D eigenvalue weighted by molar-refractivity contribution is 9.10. The summed E-state index contributed by atoms with van der Waals surface area (Å²) in [6, 6.07) is 13.9. The highest BCUT2D eigenvalue weighted by Gasteiger charge is 2.26. The Labute approximate surface area is 207 Å². The fraction of sp³-hybridized carbons (Fsp3) is 0.280. The van der Waals surface area contributed by atoms with E-state index >= 15 is 0 Å². The lowest BCUT2D eigenvalue weighted by Gasteiger charge is -2.23. The van der Waals surface area contributed by atoms with Crippen molar-refractivity contribution in [1.82, 2.24) is 0 Å². The van der Waals surface area contributed by atoms with Crippen molar-refractivity contribution in [2.75, 3.05) is 18.1 Å². The van der Waals surface area contributed by atoms with Crippen molar-refractivity contribution in [1.29, 1.82) is 10.7 Å². The number of amides is 1. The Balaban J connectivity index is 2.40. The first-order valence-corrected chi connectivity index (χ1v) is 11.3. The number of carboxylic acid groups (broad SMARTS) is 1. The lowest BCUT2D eigenvalue weighted by atomic mass is 9.98. The number of anilines is 1. The maximum atomic E-state index is 13.3. The minimum atomic E-state index is -1.22. The summed E-state index contributed by atoms with van der Waals surface area (Å²) in [6.07, 6.45) is 1.49. The summed E-state index contributed by atoms with van der Waals surface area (Å²) in [4.78, 5) is 25.9. The second-order valence-corrected chi connectivity index (χ2v) is 9.77. The van der Waals surface area contributed by atoms with Crippen LogP contribution in [0.1, 0.15) is 33.3 Å². The van der Waals surface area contributed by atoms with E-state index in [0.29, 0.717) is 12.4 Å². The lowest BCUT2D eigenvalue weighted by Crippen LogP contribution is -2.71. The van der Waals surface area contributed by atoms with Gasteiger partial charge in [0.05, 0.1) is 12.2 Å². The van der Waals surface area contributed by atoms with Gasteiger partial charge in [0.15, 0.2) is 0 Å². The zero-order valence-electron chi connectivity index (χ0n) is 19.6. The molecule has 34 heavy (non-hydrogen) atoms. The molecule has 9 heteroatoms. The first-order chi connectivity index (χ1) is 15.9. The van der Waals surface area contributed by atoms with Crippen molar-refractivity contribution < 1.29 is 24.7 Å². The Morgan fingerprint density at radius 1 is 1.24 bits per heavy atom. The minimum absolute atomic E-state index is 0.0145. The zero-order chi connectivity index (χ0) is 25.5. The maximum absolute atomic E-state index is 13.3. The Kier molecular flexibility index (Phi) is 9.12. The van der Waals surface area contributed by atoms with Crippen LogP contribution >= 0.6 is 15.9 Å². The molecule has 2 aromatic carbocycles. The molecule has 8 nitrogen and oxygen atoms in total. The molecule has 0 spiro atoms. The van der Waals surface area contributed by atoms with E-state index in [9.17, 15) is 20.0 Å². The number of hydrogen-bond donors (Lipinski definition) is 3. The third kappa shape index (κ3) is 7.83. The lowest BCUT2D eigenvalue weighted by molar-refractivity contribution is -0.496. The zero-order valence-corrected chi connectivity index (χ0v) is 21.1. The number of quaternary nitrogens is 1. The van der Waals surface area contributed by atoms with Gasteiger partial charge < -0.3 is 15.3 Å². The van der Waals surface area contributed by atoms with Crippen LogP contribution in [0.5, 0.6) is 5.75 Å². The van der Waals surface area contributed by atoms with E-state index in [1.54, 1.807) is 11.4 Å². The first kappa shape index (κ1) is 26.8. The Morgan fingerprint density at radius 3 is 2.41 bits per heavy atom. The van der Waals surface area contributed by atoms with Gasteiger partial charge in [-0.05, 0) is 42.7 Å². The third-order valence-corrected chi connectivity index (χ3v) is 5.07. The molecule has 0 fully saturated rings. The summed E-state index contributed by atoms with van der Waals surface area (Å²) < 4.78 is 6.66. The number of carbonyl (C=O) groups excluding carboxylic acids is 1. The molecule has 2 aromatic rings. The van der Waals surface area contributed by atoms with Gasteiger partial charge in [-0.3, -0.25) is 19.8 Å². The summed E-state index contributed by atoms with van der Waals surface area (Å²) in [5.41, 5.74) is 1.12. The van der Waals surface area contributed by atoms with Gasteiger partial charge in [-0.2, -0.15) is 5.26 Å². The number of benzene rings is 2. The van der Waals surface area contributed by atoms with Crippen molar-refractivity contribution in [2.45, 2.75) is 27.7 Å². The van der Waals surface area contributed by atoms with Crippen LogP contribution in [0.3, 0.4) is 0 Å². The number of rotatable bonds is 9. The molecule has 0 aromatic heterocycles. The smallest absolute Gasteiger partial charge is 0.323 e. The van der Waals surface area contributed by atoms with Gasteiger partial charge in [-0.25, -0.2) is 0 Å². The molecule has 0 unspecified atom stereocenters. The highest BCUT2D eigenvalue weighted by Crippen LogP contribution is 2.27. The largest absolute Gasteiger partial charge is 0.492 e. The average Bonchev–Trinajstić information content (AvgIpc) is 2.76. The number of carbonyl (C=O) groups is 2. The van der Waals surface area contributed by atoms with Crippen LogP contribution in [0.25, 0.3) is 0 Å². The van der Waals surface area contributed by atoms with Crippen molar-refractivity contribution in [3.8, 4) is 11.8 Å². The number of nitriles is 1. The molecule has 1 amide bonds. The summed E-state index contributed by atoms with van der Waals surface area (Å²) in [7, 11) is 0. The number of nitrogens with zero attached hydrogens (tertiary/aromatic N) is 2. The van der Waals surface area contributed by atoms with Gasteiger partial charge in [0.1, 0.15) is 35.8 Å². The second-order valence-electron chi connectivity index (χ2n) is 8.85. The molecule has 2 rings (SSSR count). The van der Waals surface area contributed by atoms with E-state index in [-0.39, 0.29) is 28.0 Å². The van der Waals surface area contributed by atoms with Crippen molar-refractivity contribution in [2.24, 2.45) is 5.41 Å². The minimum Gasteiger partial charge on any atom is -0.492 e. The predicted octanol–water partition coefficient (Wildman–Crippen LogP) is 3.98. The van der Waals surface area contributed by atoms with Gasteiger partial charge in [-0.1, -0.05) is 36.7 Å². The fourth-order valence-electron chi connectivity index (χ4n) is 2.86. The van der Waals surface area contributed by atoms with Crippen LogP contribution in [0.2, 0.25) is 0 Å². The fourth-order valence-corrected chi connectivity index (χ4v) is 3.13. The number of hydrogen-bond acceptors (Lipinski definition) is 5. The molecule has 0 saturated carbocycles. The van der Waals surface area contributed by atoms with E-state index in [2.05, 4.69) is 15.9 Å². The molecule has 4 N–H and O–H groups in total.